The van der Waals surface area contributed by atoms with Crippen molar-refractivity contribution in [3.8, 4) is 0 Å². The fraction of sp³-hybridized carbons (Fsp3) is 0.581. The van der Waals surface area contributed by atoms with Crippen LogP contribution in [0.15, 0.2) is 42.5 Å². The number of hydrogen-bond donors (Lipinski definition) is 4. The first-order valence-electron chi connectivity index (χ1n) is 14.4. The van der Waals surface area contributed by atoms with Crippen molar-refractivity contribution in [2.75, 3.05) is 19.6 Å². The molecule has 2 aromatic carbocycles. The van der Waals surface area contributed by atoms with Gasteiger partial charge in [-0.15, -0.1) is 0 Å². The molecule has 4 atom stereocenters. The zero-order chi connectivity index (χ0) is 28.2. The number of hydrogen-bond acceptors (Lipinski definition) is 5. The molecule has 216 valence electrons. The van der Waals surface area contributed by atoms with Gasteiger partial charge in [-0.25, -0.2) is 8.78 Å². The second-order valence-corrected chi connectivity index (χ2v) is 10.8. The zero-order valence-electron chi connectivity index (χ0n) is 23.3. The molecule has 0 spiro atoms. The van der Waals surface area contributed by atoms with Crippen molar-refractivity contribution in [1.29, 1.82) is 0 Å². The van der Waals surface area contributed by atoms with Gasteiger partial charge in [0.25, 0.3) is 0 Å². The molecular weight excluding hydrogens is 500 g/mol. The number of carbonyl (C=O) groups excluding carboxylic acids is 1. The van der Waals surface area contributed by atoms with Gasteiger partial charge in [0.05, 0.1) is 24.3 Å². The van der Waals surface area contributed by atoms with Crippen molar-refractivity contribution in [3.63, 3.8) is 0 Å². The smallest absolute Gasteiger partial charge is 0.237 e. The highest BCUT2D eigenvalue weighted by Crippen LogP contribution is 2.20. The lowest BCUT2D eigenvalue weighted by molar-refractivity contribution is -0.127. The first kappa shape index (κ1) is 31.1. The Kier molecular flexibility index (Phi) is 12.8. The fourth-order valence-electron chi connectivity index (χ4n) is 5.33. The molecule has 1 amide bonds. The van der Waals surface area contributed by atoms with Crippen LogP contribution in [0.4, 0.5) is 8.78 Å². The Hall–Kier alpha value is -2.39. The number of carbonyl (C=O) groups is 1. The summed E-state index contributed by atoms with van der Waals surface area (Å²) in [6.45, 7) is 6.15. The summed E-state index contributed by atoms with van der Waals surface area (Å²) in [5, 5.41) is 27.6. The van der Waals surface area contributed by atoms with Crippen LogP contribution in [0.5, 0.6) is 0 Å². The van der Waals surface area contributed by atoms with Crippen molar-refractivity contribution < 1.29 is 23.8 Å². The standard InChI is InChI=1S/C31H45F2N3O3/c1-3-5-6-7-8-12-36-21-27(37)18-29(36)31(39)35-28(16-24-14-25(32)17-26(33)15-24)30(38)20-34-19-23-11-9-10-22(4-2)13-23/h9-11,13-15,17,27-30,34,37-38H,3-8,12,16,18-21H2,1-2H3,(H,35,39)/t27?,28-,29-,30+/m0/s1. The monoisotopic (exact) mass is 545 g/mol. The van der Waals surface area contributed by atoms with Gasteiger partial charge >= 0.3 is 0 Å². The quantitative estimate of drug-likeness (QED) is 0.239. The third-order valence-electron chi connectivity index (χ3n) is 7.49. The normalized spacial score (nSPS) is 19.2. The molecule has 1 heterocycles. The maximum Gasteiger partial charge on any atom is 0.237 e. The summed E-state index contributed by atoms with van der Waals surface area (Å²) in [5.74, 6) is -1.69. The minimum Gasteiger partial charge on any atom is -0.392 e. The molecule has 0 aliphatic carbocycles. The Morgan fingerprint density at radius 2 is 1.74 bits per heavy atom. The van der Waals surface area contributed by atoms with Crippen LogP contribution in [-0.2, 0) is 24.2 Å². The molecule has 3 rings (SSSR count). The van der Waals surface area contributed by atoms with E-state index in [9.17, 15) is 23.8 Å². The molecule has 0 bridgehead atoms. The number of nitrogens with zero attached hydrogens (tertiary/aromatic N) is 1. The molecule has 1 aliphatic rings. The fourth-order valence-corrected chi connectivity index (χ4v) is 5.33. The van der Waals surface area contributed by atoms with Gasteiger partial charge in [-0.2, -0.15) is 0 Å². The van der Waals surface area contributed by atoms with E-state index in [1.54, 1.807) is 0 Å². The lowest BCUT2D eigenvalue weighted by Gasteiger charge is -2.29. The number of unbranched alkanes of at least 4 members (excludes halogenated alkanes) is 4. The van der Waals surface area contributed by atoms with Gasteiger partial charge in [0, 0.05) is 25.7 Å². The van der Waals surface area contributed by atoms with Crippen LogP contribution >= 0.6 is 0 Å². The average molecular weight is 546 g/mol. The Morgan fingerprint density at radius 1 is 1.03 bits per heavy atom. The van der Waals surface area contributed by atoms with E-state index in [1.165, 1.54) is 24.1 Å². The van der Waals surface area contributed by atoms with Gasteiger partial charge in [0.2, 0.25) is 5.91 Å². The van der Waals surface area contributed by atoms with Crippen molar-refractivity contribution in [2.24, 2.45) is 0 Å². The van der Waals surface area contributed by atoms with Crippen LogP contribution in [0.1, 0.15) is 69.1 Å². The Labute approximate surface area is 231 Å². The number of likely N-dealkylation sites (tertiary alicyclic amines) is 1. The number of halogens is 2. The van der Waals surface area contributed by atoms with Gasteiger partial charge in [-0.05, 0) is 61.1 Å². The molecule has 1 aliphatic heterocycles. The maximum atomic E-state index is 13.9. The zero-order valence-corrected chi connectivity index (χ0v) is 23.3. The van der Waals surface area contributed by atoms with Gasteiger partial charge < -0.3 is 20.8 Å². The van der Waals surface area contributed by atoms with Crippen LogP contribution < -0.4 is 10.6 Å². The Morgan fingerprint density at radius 3 is 2.46 bits per heavy atom. The molecule has 8 heteroatoms. The van der Waals surface area contributed by atoms with Crippen molar-refractivity contribution in [3.05, 3.63) is 70.8 Å². The van der Waals surface area contributed by atoms with Gasteiger partial charge in [0.15, 0.2) is 0 Å². The van der Waals surface area contributed by atoms with Crippen LogP contribution in [0, 0.1) is 11.6 Å². The Balaban J connectivity index is 1.65. The molecule has 0 aromatic heterocycles. The number of aliphatic hydroxyl groups excluding tert-OH is 2. The highest BCUT2D eigenvalue weighted by atomic mass is 19.1. The second kappa shape index (κ2) is 16.0. The number of aliphatic hydroxyl groups is 2. The van der Waals surface area contributed by atoms with E-state index in [-0.39, 0.29) is 18.9 Å². The molecule has 0 saturated carbocycles. The van der Waals surface area contributed by atoms with Gasteiger partial charge in [0.1, 0.15) is 11.6 Å². The molecule has 0 radical (unpaired) electrons. The average Bonchev–Trinajstić information content (AvgIpc) is 3.28. The van der Waals surface area contributed by atoms with Crippen molar-refractivity contribution in [1.82, 2.24) is 15.5 Å². The van der Waals surface area contributed by atoms with E-state index >= 15 is 0 Å². The van der Waals surface area contributed by atoms with Crippen LogP contribution in [0.25, 0.3) is 0 Å². The van der Waals surface area contributed by atoms with E-state index in [1.807, 2.05) is 17.0 Å². The van der Waals surface area contributed by atoms with Crippen LogP contribution in [0.3, 0.4) is 0 Å². The summed E-state index contributed by atoms with van der Waals surface area (Å²) >= 11 is 0. The highest BCUT2D eigenvalue weighted by Gasteiger charge is 2.37. The molecule has 4 N–H and O–H groups in total. The first-order chi connectivity index (χ1) is 18.8. The topological polar surface area (TPSA) is 84.8 Å². The van der Waals surface area contributed by atoms with E-state index in [0.717, 1.165) is 50.3 Å². The lowest BCUT2D eigenvalue weighted by Crippen LogP contribution is -2.53. The van der Waals surface area contributed by atoms with Gasteiger partial charge in [-0.1, -0.05) is 63.8 Å². The molecule has 1 fully saturated rings. The summed E-state index contributed by atoms with van der Waals surface area (Å²) in [6.07, 6.45) is 5.27. The number of β-amino-alcohol motifs (C(OH)–C–C–N with tert-alkyl or cyclic N) is 1. The van der Waals surface area contributed by atoms with Crippen molar-refractivity contribution >= 4 is 5.91 Å². The number of amides is 1. The van der Waals surface area contributed by atoms with Crippen LogP contribution in [-0.4, -0.2) is 64.9 Å². The molecular formula is C31H45F2N3O3. The highest BCUT2D eigenvalue weighted by molar-refractivity contribution is 5.82. The third-order valence-corrected chi connectivity index (χ3v) is 7.49. The molecule has 39 heavy (non-hydrogen) atoms. The summed E-state index contributed by atoms with van der Waals surface area (Å²) in [4.78, 5) is 15.4. The predicted molar refractivity (Wildman–Crippen MR) is 150 cm³/mol. The minimum absolute atomic E-state index is 0.0703. The number of benzene rings is 2. The number of nitrogens with one attached hydrogen (secondary N) is 2. The summed E-state index contributed by atoms with van der Waals surface area (Å²) in [7, 11) is 0. The summed E-state index contributed by atoms with van der Waals surface area (Å²) in [5.41, 5.74) is 2.66. The van der Waals surface area contributed by atoms with Gasteiger partial charge in [-0.3, -0.25) is 9.69 Å². The SMILES string of the molecule is CCCCCCCN1CC(O)C[C@H]1C(=O)N[C@@H](Cc1cc(F)cc(F)c1)[C@H](O)CNCc1cccc(CC)c1. The molecule has 1 saturated heterocycles. The maximum absolute atomic E-state index is 13.9. The summed E-state index contributed by atoms with van der Waals surface area (Å²) < 4.78 is 27.8. The first-order valence-corrected chi connectivity index (χ1v) is 14.4. The Bertz CT molecular complexity index is 1020. The molecule has 1 unspecified atom stereocenters. The third kappa shape index (κ3) is 10.3. The molecule has 6 nitrogen and oxygen atoms in total. The predicted octanol–water partition coefficient (Wildman–Crippen LogP) is 4.11. The van der Waals surface area contributed by atoms with E-state index < -0.39 is 35.9 Å². The van der Waals surface area contributed by atoms with E-state index in [2.05, 4.69) is 36.6 Å². The number of rotatable bonds is 16. The van der Waals surface area contributed by atoms with E-state index in [4.69, 9.17) is 0 Å². The second-order valence-electron chi connectivity index (χ2n) is 10.8. The molecule has 2 aromatic rings. The van der Waals surface area contributed by atoms with E-state index in [0.29, 0.717) is 25.1 Å². The van der Waals surface area contributed by atoms with Crippen LogP contribution in [0.2, 0.25) is 0 Å². The summed E-state index contributed by atoms with van der Waals surface area (Å²) in [6, 6.07) is 10.2. The van der Waals surface area contributed by atoms with Crippen molar-refractivity contribution in [2.45, 2.75) is 96.1 Å². The minimum atomic E-state index is -0.997. The lowest BCUT2D eigenvalue weighted by atomic mass is 9.99. The largest absolute Gasteiger partial charge is 0.392 e. The number of aryl methyl sites for hydroxylation is 1.